The van der Waals surface area contributed by atoms with Crippen molar-refractivity contribution < 1.29 is 9.21 Å². The minimum atomic E-state index is -0.154. The number of hydrogen-bond acceptors (Lipinski definition) is 4. The van der Waals surface area contributed by atoms with Gasteiger partial charge in [-0.2, -0.15) is 4.98 Å². The minimum Gasteiger partial charge on any atom is -0.438 e. The van der Waals surface area contributed by atoms with Crippen LogP contribution in [0.15, 0.2) is 21.2 Å². The van der Waals surface area contributed by atoms with Crippen molar-refractivity contribution in [3.05, 3.63) is 22.6 Å². The van der Waals surface area contributed by atoms with E-state index in [4.69, 9.17) is 4.42 Å². The molecule has 0 spiro atoms. The van der Waals surface area contributed by atoms with Crippen LogP contribution < -0.4 is 10.6 Å². The lowest BCUT2D eigenvalue weighted by Gasteiger charge is -2.20. The first kappa shape index (κ1) is 10.5. The molecule has 0 saturated carbocycles. The minimum absolute atomic E-state index is 0.0423. The van der Waals surface area contributed by atoms with Crippen LogP contribution in [-0.2, 0) is 0 Å². The number of pyridine rings is 1. The summed E-state index contributed by atoms with van der Waals surface area (Å²) in [4.78, 5) is 19.5. The number of oxazole rings is 1. The molecule has 1 aliphatic rings. The highest BCUT2D eigenvalue weighted by Crippen LogP contribution is 2.22. The molecule has 0 aromatic carbocycles. The van der Waals surface area contributed by atoms with Crippen molar-refractivity contribution in [2.24, 2.45) is 0 Å². The second-order valence-electron chi connectivity index (χ2n) is 3.80. The summed E-state index contributed by atoms with van der Waals surface area (Å²) in [6.45, 7) is 1.06. The third-order valence-corrected chi connectivity index (χ3v) is 3.04. The van der Waals surface area contributed by atoms with Gasteiger partial charge in [-0.3, -0.25) is 0 Å². The number of rotatable bonds is 1. The number of fused-ring (bicyclic) bond motifs is 1. The average Bonchev–Trinajstić information content (AvgIpc) is 2.72. The van der Waals surface area contributed by atoms with E-state index in [1.54, 1.807) is 6.07 Å². The van der Waals surface area contributed by atoms with Gasteiger partial charge in [-0.1, -0.05) is 0 Å². The molecular weight excluding hydrogens is 288 g/mol. The predicted octanol–water partition coefficient (Wildman–Crippen LogP) is 1.38. The van der Waals surface area contributed by atoms with Gasteiger partial charge in [0.25, 0.3) is 0 Å². The second-order valence-corrected chi connectivity index (χ2v) is 4.61. The van der Waals surface area contributed by atoms with Gasteiger partial charge in [0.2, 0.25) is 5.89 Å². The maximum Gasteiger partial charge on any atom is 0.314 e. The Bertz CT molecular complexity index is 573. The highest BCUT2D eigenvalue weighted by atomic mass is 79.9. The molecule has 0 bridgehead atoms. The molecule has 88 valence electrons. The summed E-state index contributed by atoms with van der Waals surface area (Å²) in [5.41, 5.74) is 1.23. The third-order valence-electron chi connectivity index (χ3n) is 2.60. The standard InChI is InChI=1S/C10H9BrN4O2/c11-7-2-1-6-8(14-7)15-9(17-6)5-3-12-10(16)13-4-5/h1-2,5H,3-4H2,(H2,12,13,16). The van der Waals surface area contributed by atoms with Crippen molar-refractivity contribution in [1.82, 2.24) is 20.6 Å². The zero-order chi connectivity index (χ0) is 11.8. The normalized spacial score (nSPS) is 16.9. The smallest absolute Gasteiger partial charge is 0.314 e. The van der Waals surface area contributed by atoms with Crippen LogP contribution in [0.1, 0.15) is 11.8 Å². The van der Waals surface area contributed by atoms with E-state index in [0.29, 0.717) is 30.2 Å². The summed E-state index contributed by atoms with van der Waals surface area (Å²) in [6.07, 6.45) is 0. The number of nitrogens with zero attached hydrogens (tertiary/aromatic N) is 2. The van der Waals surface area contributed by atoms with Crippen molar-refractivity contribution in [1.29, 1.82) is 0 Å². The zero-order valence-electron chi connectivity index (χ0n) is 8.74. The summed E-state index contributed by atoms with van der Waals surface area (Å²) in [7, 11) is 0. The van der Waals surface area contributed by atoms with E-state index in [9.17, 15) is 4.79 Å². The van der Waals surface area contributed by atoms with Crippen LogP contribution in [0.25, 0.3) is 11.2 Å². The molecule has 3 rings (SSSR count). The fraction of sp³-hybridized carbons (Fsp3) is 0.300. The summed E-state index contributed by atoms with van der Waals surface area (Å²) in [5, 5.41) is 5.41. The first-order valence-electron chi connectivity index (χ1n) is 5.17. The van der Waals surface area contributed by atoms with E-state index in [2.05, 4.69) is 36.5 Å². The third kappa shape index (κ3) is 1.97. The van der Waals surface area contributed by atoms with Crippen LogP contribution in [0.4, 0.5) is 4.79 Å². The Morgan fingerprint density at radius 1 is 1.29 bits per heavy atom. The molecule has 0 aliphatic carbocycles. The Hall–Kier alpha value is -1.63. The first-order chi connectivity index (χ1) is 8.22. The molecule has 17 heavy (non-hydrogen) atoms. The molecule has 0 radical (unpaired) electrons. The van der Waals surface area contributed by atoms with Crippen molar-refractivity contribution in [3.8, 4) is 0 Å². The van der Waals surface area contributed by atoms with Crippen molar-refractivity contribution in [3.63, 3.8) is 0 Å². The molecule has 0 atom stereocenters. The fourth-order valence-corrected chi connectivity index (χ4v) is 2.03. The highest BCUT2D eigenvalue weighted by molar-refractivity contribution is 9.10. The summed E-state index contributed by atoms with van der Waals surface area (Å²) >= 11 is 3.28. The molecule has 3 heterocycles. The molecule has 6 nitrogen and oxygen atoms in total. The maximum atomic E-state index is 11.0. The summed E-state index contributed by atoms with van der Waals surface area (Å²) < 4.78 is 6.33. The molecule has 2 N–H and O–H groups in total. The highest BCUT2D eigenvalue weighted by Gasteiger charge is 2.23. The number of urea groups is 1. The van der Waals surface area contributed by atoms with Crippen LogP contribution in [-0.4, -0.2) is 29.1 Å². The van der Waals surface area contributed by atoms with Gasteiger partial charge in [-0.05, 0) is 28.1 Å². The summed E-state index contributed by atoms with van der Waals surface area (Å²) in [6, 6.07) is 3.47. The molecule has 1 aliphatic heterocycles. The largest absolute Gasteiger partial charge is 0.438 e. The summed E-state index contributed by atoms with van der Waals surface area (Å²) in [5.74, 6) is 0.638. The molecule has 2 aromatic rings. The van der Waals surface area contributed by atoms with E-state index in [1.165, 1.54) is 0 Å². The van der Waals surface area contributed by atoms with E-state index >= 15 is 0 Å². The monoisotopic (exact) mass is 296 g/mol. The van der Waals surface area contributed by atoms with Crippen LogP contribution in [0.3, 0.4) is 0 Å². The zero-order valence-corrected chi connectivity index (χ0v) is 10.3. The Balaban J connectivity index is 1.92. The number of nitrogens with one attached hydrogen (secondary N) is 2. The van der Waals surface area contributed by atoms with Crippen molar-refractivity contribution >= 4 is 33.2 Å². The van der Waals surface area contributed by atoms with Gasteiger partial charge in [0.15, 0.2) is 11.2 Å². The number of hydrogen-bond donors (Lipinski definition) is 2. The predicted molar refractivity (Wildman–Crippen MR) is 63.6 cm³/mol. The number of amides is 2. The maximum absolute atomic E-state index is 11.0. The number of carbonyl (C=O) groups is 1. The average molecular weight is 297 g/mol. The van der Waals surface area contributed by atoms with E-state index in [-0.39, 0.29) is 11.9 Å². The van der Waals surface area contributed by atoms with Crippen molar-refractivity contribution in [2.75, 3.05) is 13.1 Å². The molecule has 1 fully saturated rings. The van der Waals surface area contributed by atoms with Gasteiger partial charge in [-0.25, -0.2) is 9.78 Å². The fourth-order valence-electron chi connectivity index (χ4n) is 1.73. The lowest BCUT2D eigenvalue weighted by molar-refractivity contribution is 0.232. The number of aromatic nitrogens is 2. The molecule has 2 aromatic heterocycles. The van der Waals surface area contributed by atoms with Gasteiger partial charge in [0, 0.05) is 13.1 Å². The van der Waals surface area contributed by atoms with Crippen LogP contribution in [0, 0.1) is 0 Å². The van der Waals surface area contributed by atoms with Gasteiger partial charge < -0.3 is 15.1 Å². The van der Waals surface area contributed by atoms with Gasteiger partial charge in [0.1, 0.15) is 4.60 Å². The Kier molecular flexibility index (Phi) is 2.47. The van der Waals surface area contributed by atoms with Crippen LogP contribution in [0.2, 0.25) is 0 Å². The first-order valence-corrected chi connectivity index (χ1v) is 5.96. The molecule has 2 amide bonds. The quantitative estimate of drug-likeness (QED) is 0.779. The topological polar surface area (TPSA) is 80.1 Å². The Labute approximate surface area is 105 Å². The van der Waals surface area contributed by atoms with Gasteiger partial charge in [0.05, 0.1) is 5.92 Å². The van der Waals surface area contributed by atoms with E-state index in [0.717, 1.165) is 4.60 Å². The SMILES string of the molecule is O=C1NCC(c2nc3nc(Br)ccc3o2)CN1. The molecule has 0 unspecified atom stereocenters. The Morgan fingerprint density at radius 2 is 2.06 bits per heavy atom. The Morgan fingerprint density at radius 3 is 2.82 bits per heavy atom. The van der Waals surface area contributed by atoms with Crippen LogP contribution in [0.5, 0.6) is 0 Å². The van der Waals surface area contributed by atoms with Gasteiger partial charge >= 0.3 is 6.03 Å². The molecular formula is C10H9BrN4O2. The lowest BCUT2D eigenvalue weighted by Crippen LogP contribution is -2.47. The van der Waals surface area contributed by atoms with Gasteiger partial charge in [-0.15, -0.1) is 0 Å². The van der Waals surface area contributed by atoms with E-state index in [1.807, 2.05) is 6.07 Å². The molecule has 7 heteroatoms. The number of halogens is 1. The van der Waals surface area contributed by atoms with E-state index < -0.39 is 0 Å². The molecule has 1 saturated heterocycles. The second kappa shape index (κ2) is 3.99. The van der Waals surface area contributed by atoms with Crippen LogP contribution >= 0.6 is 15.9 Å². The lowest BCUT2D eigenvalue weighted by atomic mass is 10.1. The number of carbonyl (C=O) groups excluding carboxylic acids is 1. The van der Waals surface area contributed by atoms with Crippen molar-refractivity contribution in [2.45, 2.75) is 5.92 Å².